The Kier molecular flexibility index (Phi) is 5.95. The van der Waals surface area contributed by atoms with Crippen LogP contribution in [-0.2, 0) is 15.5 Å². The quantitative estimate of drug-likeness (QED) is 0.363. The lowest BCUT2D eigenvalue weighted by Crippen LogP contribution is -2.13. The van der Waals surface area contributed by atoms with Crippen LogP contribution in [0, 0.1) is 0 Å². The molecule has 0 aliphatic rings. The van der Waals surface area contributed by atoms with Crippen molar-refractivity contribution in [3.63, 3.8) is 0 Å². The van der Waals surface area contributed by atoms with Crippen molar-refractivity contribution in [2.75, 3.05) is 5.32 Å². The number of nitrogens with one attached hydrogen (secondary N) is 1. The summed E-state index contributed by atoms with van der Waals surface area (Å²) < 4.78 is 30.5. The summed E-state index contributed by atoms with van der Waals surface area (Å²) in [7, 11) is -3.96. The molecular formula is C27H25NO4S. The molecule has 0 radical (unpaired) electrons. The third kappa shape index (κ3) is 5.23. The predicted molar refractivity (Wildman–Crippen MR) is 131 cm³/mol. The highest BCUT2D eigenvalue weighted by atomic mass is 32.2. The van der Waals surface area contributed by atoms with Crippen LogP contribution < -0.4 is 9.50 Å². The van der Waals surface area contributed by atoms with E-state index in [0.29, 0.717) is 11.3 Å². The van der Waals surface area contributed by atoms with E-state index in [-0.39, 0.29) is 22.0 Å². The van der Waals surface area contributed by atoms with Crippen molar-refractivity contribution in [3.05, 3.63) is 102 Å². The number of carbonyl (C=O) groups is 1. The number of benzene rings is 4. The van der Waals surface area contributed by atoms with Crippen LogP contribution in [0.1, 0.15) is 36.7 Å². The monoisotopic (exact) mass is 459 g/mol. The third-order valence-electron chi connectivity index (χ3n) is 5.34. The number of fused-ring (bicyclic) bond motifs is 1. The zero-order valence-electron chi connectivity index (χ0n) is 18.7. The molecule has 1 amide bonds. The first-order valence-electron chi connectivity index (χ1n) is 10.6. The Morgan fingerprint density at radius 1 is 0.788 bits per heavy atom. The van der Waals surface area contributed by atoms with Gasteiger partial charge in [0.2, 0.25) is 0 Å². The Balaban J connectivity index is 1.44. The SMILES string of the molecule is CC(C)(C)c1ccc(S(=O)(=O)Oc2ccc(NC(=O)c3ccc4ccccc4c3)cc2)cc1. The maximum atomic E-state index is 12.6. The Bertz CT molecular complexity index is 1400. The third-order valence-corrected chi connectivity index (χ3v) is 6.60. The highest BCUT2D eigenvalue weighted by molar-refractivity contribution is 7.87. The van der Waals surface area contributed by atoms with Gasteiger partial charge in [0.25, 0.3) is 5.91 Å². The summed E-state index contributed by atoms with van der Waals surface area (Å²) in [5.74, 6) is -0.0837. The minimum atomic E-state index is -3.96. The number of amides is 1. The van der Waals surface area contributed by atoms with Gasteiger partial charge >= 0.3 is 10.1 Å². The summed E-state index contributed by atoms with van der Waals surface area (Å²) in [6.07, 6.45) is 0. The molecule has 0 aliphatic heterocycles. The molecule has 0 spiro atoms. The maximum Gasteiger partial charge on any atom is 0.339 e. The lowest BCUT2D eigenvalue weighted by Gasteiger charge is -2.19. The van der Waals surface area contributed by atoms with Gasteiger partial charge in [0, 0.05) is 11.3 Å². The molecule has 0 fully saturated rings. The molecule has 4 aromatic rings. The van der Waals surface area contributed by atoms with Crippen molar-refractivity contribution in [1.82, 2.24) is 0 Å². The van der Waals surface area contributed by atoms with E-state index in [9.17, 15) is 13.2 Å². The summed E-state index contributed by atoms with van der Waals surface area (Å²) in [4.78, 5) is 12.7. The molecule has 0 aliphatic carbocycles. The summed E-state index contributed by atoms with van der Waals surface area (Å²) >= 11 is 0. The summed E-state index contributed by atoms with van der Waals surface area (Å²) in [5.41, 5.74) is 2.03. The molecule has 0 bridgehead atoms. The van der Waals surface area contributed by atoms with E-state index in [1.807, 2.05) is 36.4 Å². The van der Waals surface area contributed by atoms with Crippen LogP contribution in [0.25, 0.3) is 10.8 Å². The molecule has 0 saturated carbocycles. The maximum absolute atomic E-state index is 12.6. The number of carbonyl (C=O) groups excluding carboxylic acids is 1. The second-order valence-electron chi connectivity index (χ2n) is 8.85. The average Bonchev–Trinajstić information content (AvgIpc) is 2.79. The molecule has 1 N–H and O–H groups in total. The zero-order chi connectivity index (χ0) is 23.6. The van der Waals surface area contributed by atoms with Crippen molar-refractivity contribution < 1.29 is 17.4 Å². The molecule has 0 atom stereocenters. The molecule has 5 nitrogen and oxygen atoms in total. The fraction of sp³-hybridized carbons (Fsp3) is 0.148. The largest absolute Gasteiger partial charge is 0.379 e. The second kappa shape index (κ2) is 8.71. The first-order valence-corrected chi connectivity index (χ1v) is 12.0. The Labute approximate surface area is 194 Å². The van der Waals surface area contributed by atoms with E-state index in [1.165, 1.54) is 12.1 Å². The Morgan fingerprint density at radius 2 is 1.42 bits per heavy atom. The van der Waals surface area contributed by atoms with Crippen molar-refractivity contribution >= 4 is 32.5 Å². The summed E-state index contributed by atoms with van der Waals surface area (Å²) in [5, 5.41) is 4.86. The minimum absolute atomic E-state index is 0.0732. The zero-order valence-corrected chi connectivity index (χ0v) is 19.5. The molecule has 168 valence electrons. The van der Waals surface area contributed by atoms with Gasteiger partial charge in [-0.25, -0.2) is 0 Å². The second-order valence-corrected chi connectivity index (χ2v) is 10.4. The standard InChI is InChI=1S/C27H25NO4S/c1-27(2,3)22-10-16-25(17-11-22)33(30,31)32-24-14-12-23(13-15-24)28-26(29)21-9-8-19-6-4-5-7-20(19)18-21/h4-18H,1-3H3,(H,28,29). The Morgan fingerprint density at radius 3 is 2.06 bits per heavy atom. The Hall–Kier alpha value is -3.64. The normalized spacial score (nSPS) is 11.8. The predicted octanol–water partition coefficient (Wildman–Crippen LogP) is 6.16. The van der Waals surface area contributed by atoms with Crippen LogP contribution in [0.2, 0.25) is 0 Å². The van der Waals surface area contributed by atoms with Gasteiger partial charge < -0.3 is 9.50 Å². The summed E-state index contributed by atoms with van der Waals surface area (Å²) in [6.45, 7) is 6.19. The van der Waals surface area contributed by atoms with Crippen LogP contribution in [0.5, 0.6) is 5.75 Å². The van der Waals surface area contributed by atoms with Gasteiger partial charge in [-0.3, -0.25) is 4.79 Å². The summed E-state index contributed by atoms with van der Waals surface area (Å²) in [6, 6.07) is 26.2. The average molecular weight is 460 g/mol. The van der Waals surface area contributed by atoms with E-state index in [2.05, 4.69) is 26.1 Å². The van der Waals surface area contributed by atoms with Crippen LogP contribution in [0.3, 0.4) is 0 Å². The molecule has 33 heavy (non-hydrogen) atoms. The molecule has 0 aromatic heterocycles. The van der Waals surface area contributed by atoms with Crippen LogP contribution in [-0.4, -0.2) is 14.3 Å². The molecule has 0 unspecified atom stereocenters. The van der Waals surface area contributed by atoms with Gasteiger partial charge in [0.05, 0.1) is 0 Å². The highest BCUT2D eigenvalue weighted by Gasteiger charge is 2.19. The topological polar surface area (TPSA) is 72.5 Å². The molecule has 4 rings (SSSR count). The van der Waals surface area contributed by atoms with Crippen LogP contribution in [0.4, 0.5) is 5.69 Å². The molecular weight excluding hydrogens is 434 g/mol. The van der Waals surface area contributed by atoms with E-state index < -0.39 is 10.1 Å². The van der Waals surface area contributed by atoms with Gasteiger partial charge in [-0.05, 0) is 70.3 Å². The lowest BCUT2D eigenvalue weighted by molar-refractivity contribution is 0.102. The fourth-order valence-corrected chi connectivity index (χ4v) is 4.35. The van der Waals surface area contributed by atoms with Crippen LogP contribution >= 0.6 is 0 Å². The lowest BCUT2D eigenvalue weighted by atomic mass is 9.87. The molecule has 6 heteroatoms. The minimum Gasteiger partial charge on any atom is -0.379 e. The number of hydrogen-bond donors (Lipinski definition) is 1. The van der Waals surface area contributed by atoms with Crippen molar-refractivity contribution in [3.8, 4) is 5.75 Å². The molecule has 0 heterocycles. The van der Waals surface area contributed by atoms with Crippen molar-refractivity contribution in [2.24, 2.45) is 0 Å². The van der Waals surface area contributed by atoms with Gasteiger partial charge in [-0.2, -0.15) is 8.42 Å². The smallest absolute Gasteiger partial charge is 0.339 e. The van der Waals surface area contributed by atoms with Gasteiger partial charge in [-0.1, -0.05) is 63.2 Å². The fourth-order valence-electron chi connectivity index (χ4n) is 3.42. The van der Waals surface area contributed by atoms with E-state index >= 15 is 0 Å². The van der Waals surface area contributed by atoms with Crippen molar-refractivity contribution in [2.45, 2.75) is 31.1 Å². The van der Waals surface area contributed by atoms with E-state index in [4.69, 9.17) is 4.18 Å². The van der Waals surface area contributed by atoms with Crippen LogP contribution in [0.15, 0.2) is 95.9 Å². The van der Waals surface area contributed by atoms with E-state index in [0.717, 1.165) is 16.3 Å². The van der Waals surface area contributed by atoms with Gasteiger partial charge in [0.1, 0.15) is 10.6 Å². The highest BCUT2D eigenvalue weighted by Crippen LogP contribution is 2.26. The van der Waals surface area contributed by atoms with Gasteiger partial charge in [-0.15, -0.1) is 0 Å². The van der Waals surface area contributed by atoms with Crippen molar-refractivity contribution in [1.29, 1.82) is 0 Å². The van der Waals surface area contributed by atoms with Gasteiger partial charge in [0.15, 0.2) is 0 Å². The number of hydrogen-bond acceptors (Lipinski definition) is 4. The first kappa shape index (κ1) is 22.6. The molecule has 4 aromatic carbocycles. The van der Waals surface area contributed by atoms with E-state index in [1.54, 1.807) is 42.5 Å². The number of anilines is 1. The molecule has 0 saturated heterocycles. The first-order chi connectivity index (χ1) is 15.6. The number of rotatable bonds is 5.